The molecule has 164 valence electrons. The first-order valence-corrected chi connectivity index (χ1v) is 11.2. The van der Waals surface area contributed by atoms with Crippen LogP contribution in [0.5, 0.6) is 0 Å². The fourth-order valence-corrected chi connectivity index (χ4v) is 4.57. The molecule has 1 N–H and O–H groups in total. The monoisotopic (exact) mass is 540 g/mol. The van der Waals surface area contributed by atoms with Crippen molar-refractivity contribution in [2.75, 3.05) is 11.9 Å². The van der Waals surface area contributed by atoms with E-state index in [0.29, 0.717) is 30.5 Å². The average Bonchev–Trinajstić information content (AvgIpc) is 3.23. The molecular weight excluding hydrogens is 517 g/mol. The summed E-state index contributed by atoms with van der Waals surface area (Å²) in [5.41, 5.74) is 0.430. The number of hydrogen-bond donors (Lipinski definition) is 1. The van der Waals surface area contributed by atoms with Crippen LogP contribution in [0.1, 0.15) is 44.7 Å². The van der Waals surface area contributed by atoms with Crippen molar-refractivity contribution in [3.05, 3.63) is 51.1 Å². The van der Waals surface area contributed by atoms with Gasteiger partial charge in [-0.05, 0) is 91.6 Å². The number of rotatable bonds is 2. The number of carbonyl (C=O) groups is 2. The summed E-state index contributed by atoms with van der Waals surface area (Å²) < 4.78 is 36.3. The highest BCUT2D eigenvalue weighted by Crippen LogP contribution is 2.51. The van der Waals surface area contributed by atoms with E-state index < -0.39 is 29.6 Å². The molecule has 0 saturated carbocycles. The van der Waals surface area contributed by atoms with Gasteiger partial charge in [-0.25, -0.2) is 4.79 Å². The number of carbonyl (C=O) groups excluding carboxylic acids is 2. The predicted molar refractivity (Wildman–Crippen MR) is 122 cm³/mol. The second-order valence-corrected chi connectivity index (χ2v) is 10.1. The fraction of sp³-hybridized carbons (Fsp3) is 0.391. The number of ether oxygens (including phenoxy) is 1. The molecule has 8 heteroatoms. The van der Waals surface area contributed by atoms with Crippen LogP contribution in [0.3, 0.4) is 0 Å². The van der Waals surface area contributed by atoms with E-state index in [4.69, 9.17) is 4.74 Å². The summed E-state index contributed by atoms with van der Waals surface area (Å²) in [7, 11) is 0. The summed E-state index contributed by atoms with van der Waals surface area (Å²) in [6.45, 7) is 5.71. The molecule has 2 amide bonds. The van der Waals surface area contributed by atoms with Crippen LogP contribution in [-0.2, 0) is 15.5 Å². The molecule has 2 aromatic carbocycles. The summed E-state index contributed by atoms with van der Waals surface area (Å²) in [6.07, 6.45) is 0.625. The predicted octanol–water partition coefficient (Wildman–Crippen LogP) is 5.75. The number of alkyl halides is 2. The zero-order valence-corrected chi connectivity index (χ0v) is 19.6. The van der Waals surface area contributed by atoms with E-state index >= 15 is 8.78 Å². The summed E-state index contributed by atoms with van der Waals surface area (Å²) >= 11 is 2.02. The van der Waals surface area contributed by atoms with Gasteiger partial charge in [-0.15, -0.1) is 0 Å². The molecule has 4 rings (SSSR count). The maximum Gasteiger partial charge on any atom is 0.410 e. The van der Waals surface area contributed by atoms with E-state index in [2.05, 4.69) is 5.32 Å². The Morgan fingerprint density at radius 1 is 1.13 bits per heavy atom. The van der Waals surface area contributed by atoms with Crippen molar-refractivity contribution in [1.82, 2.24) is 4.90 Å². The molecule has 1 aliphatic carbocycles. The summed E-state index contributed by atoms with van der Waals surface area (Å²) in [4.78, 5) is 26.7. The molecule has 0 bridgehead atoms. The number of benzene rings is 2. The quantitative estimate of drug-likeness (QED) is 0.494. The number of fused-ring (bicyclic) bond motifs is 3. The summed E-state index contributed by atoms with van der Waals surface area (Å²) in [5, 5.41) is 2.71. The summed E-state index contributed by atoms with van der Waals surface area (Å²) in [6, 6.07) is 8.85. The minimum absolute atomic E-state index is 0.0234. The fourth-order valence-electron chi connectivity index (χ4n) is 4.08. The van der Waals surface area contributed by atoms with Gasteiger partial charge in [-0.2, -0.15) is 8.78 Å². The zero-order chi connectivity index (χ0) is 22.6. The first kappa shape index (κ1) is 22.0. The lowest BCUT2D eigenvalue weighted by atomic mass is 10.1. The van der Waals surface area contributed by atoms with Crippen molar-refractivity contribution >= 4 is 40.3 Å². The molecule has 1 atom stereocenters. The molecule has 0 unspecified atom stereocenters. The molecule has 5 nitrogen and oxygen atoms in total. The number of nitrogens with one attached hydrogen (secondary N) is 1. The number of nitrogens with zero attached hydrogens (tertiary/aromatic N) is 1. The average molecular weight is 540 g/mol. The Hall–Kier alpha value is -2.23. The molecule has 1 heterocycles. The molecular formula is C23H23F2IN2O3. The first-order valence-electron chi connectivity index (χ1n) is 10.1. The SMILES string of the molecule is CC(C)(C)OC(=O)N1CCC[C@H]1C(=O)Nc1ccc2c(c1)C(F)(F)c1cc(I)ccc1-2. The van der Waals surface area contributed by atoms with Crippen LogP contribution in [0.15, 0.2) is 36.4 Å². The van der Waals surface area contributed by atoms with Crippen molar-refractivity contribution in [1.29, 1.82) is 0 Å². The molecule has 1 aliphatic heterocycles. The van der Waals surface area contributed by atoms with E-state index in [1.165, 1.54) is 17.0 Å². The van der Waals surface area contributed by atoms with Gasteiger partial charge < -0.3 is 10.1 Å². The molecule has 2 aromatic rings. The highest BCUT2D eigenvalue weighted by Gasteiger charge is 2.45. The third kappa shape index (κ3) is 4.14. The van der Waals surface area contributed by atoms with Crippen LogP contribution < -0.4 is 5.32 Å². The van der Waals surface area contributed by atoms with E-state index in [-0.39, 0.29) is 16.8 Å². The van der Waals surface area contributed by atoms with Gasteiger partial charge >= 0.3 is 6.09 Å². The van der Waals surface area contributed by atoms with E-state index in [1.54, 1.807) is 45.0 Å². The number of hydrogen-bond acceptors (Lipinski definition) is 3. The van der Waals surface area contributed by atoms with Crippen molar-refractivity contribution in [2.24, 2.45) is 0 Å². The van der Waals surface area contributed by atoms with Crippen LogP contribution in [0.2, 0.25) is 0 Å². The highest BCUT2D eigenvalue weighted by atomic mass is 127. The lowest BCUT2D eigenvalue weighted by molar-refractivity contribution is -0.120. The van der Waals surface area contributed by atoms with E-state index in [1.807, 2.05) is 22.6 Å². The van der Waals surface area contributed by atoms with Crippen LogP contribution in [0.25, 0.3) is 11.1 Å². The number of amides is 2. The lowest BCUT2D eigenvalue weighted by Gasteiger charge is -2.28. The Labute approximate surface area is 193 Å². The molecule has 2 aliphatic rings. The van der Waals surface area contributed by atoms with Crippen LogP contribution in [0.4, 0.5) is 19.3 Å². The lowest BCUT2D eigenvalue weighted by Crippen LogP contribution is -2.45. The van der Waals surface area contributed by atoms with Crippen molar-refractivity contribution < 1.29 is 23.1 Å². The standard InChI is InChI=1S/C23H23F2IN2O3/c1-22(2,3)31-21(30)28-10-4-5-19(28)20(29)27-14-7-9-16-15-8-6-13(26)11-17(15)23(24,25)18(16)12-14/h6-9,11-12,19H,4-5,10H2,1-3H3,(H,27,29)/t19-/m0/s1. The smallest absolute Gasteiger partial charge is 0.410 e. The van der Waals surface area contributed by atoms with Crippen LogP contribution in [-0.4, -0.2) is 35.1 Å². The summed E-state index contributed by atoms with van der Waals surface area (Å²) in [5.74, 6) is -3.54. The van der Waals surface area contributed by atoms with Gasteiger partial charge in [0, 0.05) is 26.9 Å². The maximum absolute atomic E-state index is 15.1. The van der Waals surface area contributed by atoms with Crippen molar-refractivity contribution in [2.45, 2.75) is 51.2 Å². The first-order chi connectivity index (χ1) is 14.5. The van der Waals surface area contributed by atoms with E-state index in [9.17, 15) is 9.59 Å². The van der Waals surface area contributed by atoms with Gasteiger partial charge in [0.25, 0.3) is 5.92 Å². The van der Waals surface area contributed by atoms with Gasteiger partial charge in [0.1, 0.15) is 11.6 Å². The Bertz CT molecular complexity index is 1070. The van der Waals surface area contributed by atoms with Gasteiger partial charge in [0.2, 0.25) is 5.91 Å². The number of halogens is 3. The normalized spacial score (nSPS) is 19.0. The van der Waals surface area contributed by atoms with Crippen LogP contribution >= 0.6 is 22.6 Å². The minimum Gasteiger partial charge on any atom is -0.444 e. The van der Waals surface area contributed by atoms with Gasteiger partial charge in [0.15, 0.2) is 0 Å². The molecule has 0 radical (unpaired) electrons. The van der Waals surface area contributed by atoms with Crippen molar-refractivity contribution in [3.8, 4) is 11.1 Å². The van der Waals surface area contributed by atoms with E-state index in [0.717, 1.165) is 3.57 Å². The van der Waals surface area contributed by atoms with Crippen molar-refractivity contribution in [3.63, 3.8) is 0 Å². The van der Waals surface area contributed by atoms with Gasteiger partial charge in [-0.3, -0.25) is 9.69 Å². The minimum atomic E-state index is -3.14. The topological polar surface area (TPSA) is 58.6 Å². The highest BCUT2D eigenvalue weighted by molar-refractivity contribution is 14.1. The van der Waals surface area contributed by atoms with Gasteiger partial charge in [-0.1, -0.05) is 12.1 Å². The molecule has 0 aromatic heterocycles. The van der Waals surface area contributed by atoms with Crippen LogP contribution in [0, 0.1) is 3.57 Å². The molecule has 0 spiro atoms. The molecule has 1 fully saturated rings. The number of likely N-dealkylation sites (tertiary alicyclic amines) is 1. The third-order valence-electron chi connectivity index (χ3n) is 5.42. The Kier molecular flexibility index (Phi) is 5.47. The van der Waals surface area contributed by atoms with Gasteiger partial charge in [0.05, 0.1) is 0 Å². The second-order valence-electron chi connectivity index (χ2n) is 8.85. The second kappa shape index (κ2) is 7.72. The largest absolute Gasteiger partial charge is 0.444 e. The number of anilines is 1. The Morgan fingerprint density at radius 3 is 2.45 bits per heavy atom. The maximum atomic E-state index is 15.1. The zero-order valence-electron chi connectivity index (χ0n) is 17.5. The third-order valence-corrected chi connectivity index (χ3v) is 6.09. The Morgan fingerprint density at radius 2 is 1.77 bits per heavy atom. The molecule has 31 heavy (non-hydrogen) atoms. The Balaban J connectivity index is 1.55. The molecule has 1 saturated heterocycles.